The van der Waals surface area contributed by atoms with Crippen LogP contribution in [-0.2, 0) is 0 Å². The zero-order valence-electron chi connectivity index (χ0n) is 15.2. The van der Waals surface area contributed by atoms with Crippen molar-refractivity contribution in [1.82, 2.24) is 0 Å². The normalized spacial score (nSPS) is 24.9. The molecule has 2 aromatic rings. The highest BCUT2D eigenvalue weighted by atomic mass is 16.3. The van der Waals surface area contributed by atoms with E-state index < -0.39 is 12.2 Å². The Morgan fingerprint density at radius 1 is 0.800 bits per heavy atom. The van der Waals surface area contributed by atoms with Crippen LogP contribution in [0.4, 0.5) is 0 Å². The molecular weight excluding hydrogens is 312 g/mol. The highest BCUT2D eigenvalue weighted by molar-refractivity contribution is 5.43. The molecule has 0 bridgehead atoms. The number of aliphatic hydroxyl groups is 2. The maximum Gasteiger partial charge on any atom is 0.118 e. The molecule has 3 rings (SSSR count). The molecular formula is C22H28O3. The lowest BCUT2D eigenvalue weighted by Gasteiger charge is -2.36. The van der Waals surface area contributed by atoms with E-state index in [-0.39, 0.29) is 11.8 Å². The number of aliphatic hydroxyl groups excluding tert-OH is 2. The molecule has 3 nitrogen and oxygen atoms in total. The van der Waals surface area contributed by atoms with Gasteiger partial charge in [-0.2, -0.15) is 0 Å². The fraction of sp³-hybridized carbons (Fsp3) is 0.455. The molecule has 0 amide bonds. The standard InChI is InChI=1S/C22H28O3/c1-13-4-5-16(10-14(13)2)22(17-6-8-19(23)15(3)11-17)18-7-9-20(24)21(25)12-18/h4-6,8,10-11,18,20-25H,7,9,12H2,1-3H3. The fourth-order valence-corrected chi connectivity index (χ4v) is 4.03. The van der Waals surface area contributed by atoms with E-state index in [0.717, 1.165) is 17.5 Å². The zero-order chi connectivity index (χ0) is 18.1. The number of hydrogen-bond donors (Lipinski definition) is 3. The largest absolute Gasteiger partial charge is 0.508 e. The number of rotatable bonds is 3. The summed E-state index contributed by atoms with van der Waals surface area (Å²) in [5.74, 6) is 0.729. The van der Waals surface area contributed by atoms with E-state index in [9.17, 15) is 15.3 Å². The summed E-state index contributed by atoms with van der Waals surface area (Å²) in [6.45, 7) is 6.15. The predicted molar refractivity (Wildman–Crippen MR) is 100.0 cm³/mol. The minimum atomic E-state index is -0.661. The second-order valence-corrected chi connectivity index (χ2v) is 7.58. The highest BCUT2D eigenvalue weighted by Gasteiger charge is 2.34. The van der Waals surface area contributed by atoms with Crippen LogP contribution < -0.4 is 0 Å². The van der Waals surface area contributed by atoms with Gasteiger partial charge < -0.3 is 15.3 Å². The molecule has 0 saturated heterocycles. The maximum absolute atomic E-state index is 10.2. The number of phenolic OH excluding ortho intramolecular Hbond substituents is 1. The summed E-state index contributed by atoms with van der Waals surface area (Å²) in [6.07, 6.45) is 0.836. The number of phenols is 1. The van der Waals surface area contributed by atoms with Gasteiger partial charge in [-0.05, 0) is 79.8 Å². The molecule has 1 aliphatic carbocycles. The van der Waals surface area contributed by atoms with Gasteiger partial charge in [0, 0.05) is 5.92 Å². The van der Waals surface area contributed by atoms with Crippen molar-refractivity contribution < 1.29 is 15.3 Å². The van der Waals surface area contributed by atoms with Crippen molar-refractivity contribution in [2.45, 2.75) is 58.2 Å². The molecule has 3 heteroatoms. The lowest BCUT2D eigenvalue weighted by atomic mass is 9.71. The van der Waals surface area contributed by atoms with E-state index in [4.69, 9.17) is 0 Å². The van der Waals surface area contributed by atoms with Crippen LogP contribution in [0.5, 0.6) is 5.75 Å². The van der Waals surface area contributed by atoms with Crippen LogP contribution in [0.15, 0.2) is 36.4 Å². The molecule has 4 atom stereocenters. The third-order valence-corrected chi connectivity index (χ3v) is 5.76. The number of benzene rings is 2. The molecule has 1 fully saturated rings. The first kappa shape index (κ1) is 18.0. The van der Waals surface area contributed by atoms with Crippen molar-refractivity contribution >= 4 is 0 Å². The molecule has 0 aromatic heterocycles. The van der Waals surface area contributed by atoms with Crippen LogP contribution in [-0.4, -0.2) is 27.5 Å². The van der Waals surface area contributed by atoms with E-state index in [1.54, 1.807) is 6.07 Å². The monoisotopic (exact) mass is 340 g/mol. The zero-order valence-corrected chi connectivity index (χ0v) is 15.2. The minimum Gasteiger partial charge on any atom is -0.508 e. The van der Waals surface area contributed by atoms with E-state index in [1.165, 1.54) is 16.7 Å². The molecule has 0 spiro atoms. The Hall–Kier alpha value is -1.84. The van der Waals surface area contributed by atoms with Gasteiger partial charge in [-0.3, -0.25) is 0 Å². The topological polar surface area (TPSA) is 60.7 Å². The van der Waals surface area contributed by atoms with Crippen LogP contribution >= 0.6 is 0 Å². The van der Waals surface area contributed by atoms with Crippen LogP contribution in [0.25, 0.3) is 0 Å². The third kappa shape index (κ3) is 3.73. The summed E-state index contributed by atoms with van der Waals surface area (Å²) < 4.78 is 0. The molecule has 0 radical (unpaired) electrons. The first-order valence-corrected chi connectivity index (χ1v) is 9.09. The first-order chi connectivity index (χ1) is 11.9. The van der Waals surface area contributed by atoms with Gasteiger partial charge >= 0.3 is 0 Å². The Morgan fingerprint density at radius 3 is 2.04 bits per heavy atom. The summed E-state index contributed by atoms with van der Waals surface area (Å²) in [5, 5.41) is 30.0. The molecule has 1 aliphatic rings. The molecule has 0 heterocycles. The molecule has 25 heavy (non-hydrogen) atoms. The van der Waals surface area contributed by atoms with Gasteiger partial charge in [0.15, 0.2) is 0 Å². The molecule has 1 saturated carbocycles. The van der Waals surface area contributed by atoms with Crippen molar-refractivity contribution in [2.24, 2.45) is 5.92 Å². The Labute approximate surface area is 150 Å². The number of aryl methyl sites for hydroxylation is 3. The summed E-state index contributed by atoms with van der Waals surface area (Å²) in [7, 11) is 0. The van der Waals surface area contributed by atoms with E-state index >= 15 is 0 Å². The average molecular weight is 340 g/mol. The number of aromatic hydroxyl groups is 1. The second kappa shape index (κ2) is 7.19. The van der Waals surface area contributed by atoms with Crippen LogP contribution in [0, 0.1) is 26.7 Å². The molecule has 3 N–H and O–H groups in total. The number of hydrogen-bond acceptors (Lipinski definition) is 3. The van der Waals surface area contributed by atoms with Crippen LogP contribution in [0.1, 0.15) is 53.0 Å². The van der Waals surface area contributed by atoms with Gasteiger partial charge in [0.25, 0.3) is 0 Å². The van der Waals surface area contributed by atoms with Gasteiger partial charge in [0.1, 0.15) is 5.75 Å². The Balaban J connectivity index is 2.04. The van der Waals surface area contributed by atoms with Gasteiger partial charge in [0.05, 0.1) is 12.2 Å². The predicted octanol–water partition coefficient (Wildman–Crippen LogP) is 3.97. The summed E-state index contributed by atoms with van der Waals surface area (Å²) in [4.78, 5) is 0. The van der Waals surface area contributed by atoms with E-state index in [0.29, 0.717) is 18.6 Å². The Bertz CT molecular complexity index is 701. The van der Waals surface area contributed by atoms with E-state index in [1.807, 2.05) is 19.1 Å². The minimum absolute atomic E-state index is 0.153. The van der Waals surface area contributed by atoms with Crippen molar-refractivity contribution in [3.05, 3.63) is 64.2 Å². The molecule has 134 valence electrons. The Kier molecular flexibility index (Phi) is 5.16. The second-order valence-electron chi connectivity index (χ2n) is 7.58. The van der Waals surface area contributed by atoms with Crippen molar-refractivity contribution in [2.75, 3.05) is 0 Å². The van der Waals surface area contributed by atoms with Crippen LogP contribution in [0.3, 0.4) is 0 Å². The molecule has 0 aliphatic heterocycles. The van der Waals surface area contributed by atoms with Gasteiger partial charge in [-0.1, -0.05) is 30.3 Å². The van der Waals surface area contributed by atoms with Crippen molar-refractivity contribution in [3.63, 3.8) is 0 Å². The highest BCUT2D eigenvalue weighted by Crippen LogP contribution is 2.41. The van der Waals surface area contributed by atoms with Gasteiger partial charge in [-0.15, -0.1) is 0 Å². The maximum atomic E-state index is 10.2. The Morgan fingerprint density at radius 2 is 1.44 bits per heavy atom. The SMILES string of the molecule is Cc1ccc(C(c2ccc(O)c(C)c2)C2CCC(O)C(O)C2)cc1C. The molecule has 4 unspecified atom stereocenters. The lowest BCUT2D eigenvalue weighted by Crippen LogP contribution is -2.35. The van der Waals surface area contributed by atoms with Gasteiger partial charge in [-0.25, -0.2) is 0 Å². The quantitative estimate of drug-likeness (QED) is 0.792. The van der Waals surface area contributed by atoms with Crippen molar-refractivity contribution in [3.8, 4) is 5.75 Å². The summed E-state index contributed by atoms with van der Waals surface area (Å²) in [6, 6.07) is 12.4. The van der Waals surface area contributed by atoms with Crippen molar-refractivity contribution in [1.29, 1.82) is 0 Å². The fourth-order valence-electron chi connectivity index (χ4n) is 4.03. The van der Waals surface area contributed by atoms with Gasteiger partial charge in [0.2, 0.25) is 0 Å². The van der Waals surface area contributed by atoms with Crippen LogP contribution in [0.2, 0.25) is 0 Å². The smallest absolute Gasteiger partial charge is 0.118 e. The average Bonchev–Trinajstić information content (AvgIpc) is 2.57. The summed E-state index contributed by atoms with van der Waals surface area (Å²) >= 11 is 0. The van der Waals surface area contributed by atoms with E-state index in [2.05, 4.69) is 32.0 Å². The first-order valence-electron chi connectivity index (χ1n) is 9.09. The molecule has 2 aromatic carbocycles. The lowest BCUT2D eigenvalue weighted by molar-refractivity contribution is -0.0276. The summed E-state index contributed by atoms with van der Waals surface area (Å²) in [5.41, 5.74) is 5.79. The third-order valence-electron chi connectivity index (χ3n) is 5.76.